The van der Waals surface area contributed by atoms with Crippen LogP contribution in [0, 0.1) is 11.3 Å². The first kappa shape index (κ1) is 21.2. The summed E-state index contributed by atoms with van der Waals surface area (Å²) in [6, 6.07) is 0. The van der Waals surface area contributed by atoms with Crippen LogP contribution in [0.3, 0.4) is 0 Å². The van der Waals surface area contributed by atoms with Gasteiger partial charge in [-0.3, -0.25) is 0 Å². The Morgan fingerprint density at radius 1 is 0.750 bits per heavy atom. The molecule has 0 atom stereocenters. The van der Waals surface area contributed by atoms with E-state index in [0.29, 0.717) is 5.41 Å². The quantitative estimate of drug-likeness (QED) is 0.667. The van der Waals surface area contributed by atoms with E-state index in [9.17, 15) is 0 Å². The highest BCUT2D eigenvalue weighted by Gasteiger charge is 1.95. The van der Waals surface area contributed by atoms with Crippen LogP contribution >= 0.6 is 0 Å². The lowest BCUT2D eigenvalue weighted by Gasteiger charge is -2.11. The molecule has 102 valence electrons. The lowest BCUT2D eigenvalue weighted by molar-refractivity contribution is 0.469. The molecule has 1 heterocycles. The highest BCUT2D eigenvalue weighted by Crippen LogP contribution is 2.08. The second kappa shape index (κ2) is 13.0. The topological polar surface area (TPSA) is 24.1 Å². The third-order valence-electron chi connectivity index (χ3n) is 0.957. The molecule has 16 heavy (non-hydrogen) atoms. The van der Waals surface area contributed by atoms with E-state index in [0.717, 1.165) is 32.1 Å². The van der Waals surface area contributed by atoms with E-state index in [1.807, 2.05) is 0 Å². The van der Waals surface area contributed by atoms with Crippen molar-refractivity contribution < 1.29 is 0 Å². The zero-order chi connectivity index (χ0) is 12.3. The van der Waals surface area contributed by atoms with Crippen molar-refractivity contribution in [3.8, 4) is 0 Å². The van der Waals surface area contributed by atoms with Gasteiger partial charge >= 0.3 is 0 Å². The Morgan fingerprint density at radius 2 is 0.875 bits per heavy atom. The summed E-state index contributed by atoms with van der Waals surface area (Å²) in [4.78, 5) is 0. The number of rotatable bonds is 0. The van der Waals surface area contributed by atoms with Gasteiger partial charge in [0, 0.05) is 26.2 Å². The largest absolute Gasteiger partial charge is 0.314 e. The molecule has 0 aromatic rings. The van der Waals surface area contributed by atoms with Crippen LogP contribution in [-0.4, -0.2) is 26.2 Å². The monoisotopic (exact) mass is 232 g/mol. The molecule has 1 saturated heterocycles. The Kier molecular flexibility index (Phi) is 17.2. The van der Waals surface area contributed by atoms with Gasteiger partial charge in [0.2, 0.25) is 0 Å². The maximum absolute atomic E-state index is 3.22. The van der Waals surface area contributed by atoms with Crippen LogP contribution < -0.4 is 10.6 Å². The third-order valence-corrected chi connectivity index (χ3v) is 0.957. The van der Waals surface area contributed by atoms with E-state index in [2.05, 4.69) is 59.1 Å². The molecule has 0 bridgehead atoms. The van der Waals surface area contributed by atoms with E-state index >= 15 is 0 Å². The molecule has 0 radical (unpaired) electrons. The Balaban J connectivity index is -0.000000158. The van der Waals surface area contributed by atoms with Gasteiger partial charge in [0.05, 0.1) is 0 Å². The fourth-order valence-corrected chi connectivity index (χ4v) is 0.604. The number of hydrogen-bond donors (Lipinski definition) is 2. The van der Waals surface area contributed by atoms with Gasteiger partial charge in [-0.25, -0.2) is 0 Å². The maximum atomic E-state index is 3.22. The fraction of sp³-hybridized carbons (Fsp3) is 1.00. The molecule has 1 aliphatic rings. The van der Waals surface area contributed by atoms with Crippen LogP contribution in [0.2, 0.25) is 0 Å². The van der Waals surface area contributed by atoms with Crippen molar-refractivity contribution in [2.45, 2.75) is 55.9 Å². The summed E-state index contributed by atoms with van der Waals surface area (Å²) in [5.74, 6) is 0.833. The van der Waals surface area contributed by atoms with Crippen LogP contribution in [0.5, 0.6) is 0 Å². The van der Waals surface area contributed by atoms with Crippen LogP contribution in [0.15, 0.2) is 0 Å². The lowest BCUT2D eigenvalue weighted by atomic mass is 10.0. The molecule has 0 saturated carbocycles. The SMILES string of the molecule is C.C1CNCCN1.CC(C)(C)C.CC(C)C. The van der Waals surface area contributed by atoms with Crippen LogP contribution in [-0.2, 0) is 0 Å². The maximum Gasteiger partial charge on any atom is 0.00772 e. The van der Waals surface area contributed by atoms with Crippen molar-refractivity contribution in [2.24, 2.45) is 11.3 Å². The van der Waals surface area contributed by atoms with E-state index < -0.39 is 0 Å². The molecule has 0 spiro atoms. The zero-order valence-corrected chi connectivity index (χ0v) is 11.9. The van der Waals surface area contributed by atoms with Crippen LogP contribution in [0.4, 0.5) is 0 Å². The predicted octanol–water partition coefficient (Wildman–Crippen LogP) is 3.53. The zero-order valence-electron chi connectivity index (χ0n) is 11.9. The molecule has 0 aromatic heterocycles. The van der Waals surface area contributed by atoms with E-state index in [1.54, 1.807) is 0 Å². The van der Waals surface area contributed by atoms with Gasteiger partial charge in [-0.15, -0.1) is 0 Å². The van der Waals surface area contributed by atoms with Crippen molar-refractivity contribution in [1.29, 1.82) is 0 Å². The molecule has 1 rings (SSSR count). The van der Waals surface area contributed by atoms with Crippen molar-refractivity contribution >= 4 is 0 Å². The van der Waals surface area contributed by atoms with Gasteiger partial charge in [-0.1, -0.05) is 55.9 Å². The Morgan fingerprint density at radius 3 is 0.938 bits per heavy atom. The lowest BCUT2D eigenvalue weighted by Crippen LogP contribution is -2.39. The van der Waals surface area contributed by atoms with Crippen molar-refractivity contribution in [2.75, 3.05) is 26.2 Å². The van der Waals surface area contributed by atoms with Gasteiger partial charge in [0.25, 0.3) is 0 Å². The molecular formula is C14H36N2. The van der Waals surface area contributed by atoms with Crippen LogP contribution in [0.25, 0.3) is 0 Å². The first-order valence-corrected chi connectivity index (χ1v) is 6.15. The number of hydrogen-bond acceptors (Lipinski definition) is 2. The normalized spacial score (nSPS) is 15.0. The first-order chi connectivity index (χ1) is 6.73. The van der Waals surface area contributed by atoms with E-state index in [-0.39, 0.29) is 7.43 Å². The van der Waals surface area contributed by atoms with E-state index in [1.165, 1.54) is 0 Å². The molecule has 1 fully saturated rings. The molecule has 0 unspecified atom stereocenters. The number of nitrogens with one attached hydrogen (secondary N) is 2. The van der Waals surface area contributed by atoms with Gasteiger partial charge in [-0.05, 0) is 11.3 Å². The first-order valence-electron chi connectivity index (χ1n) is 6.15. The van der Waals surface area contributed by atoms with Gasteiger partial charge < -0.3 is 10.6 Å². The molecule has 0 amide bonds. The van der Waals surface area contributed by atoms with E-state index in [4.69, 9.17) is 0 Å². The molecule has 2 nitrogen and oxygen atoms in total. The average Bonchev–Trinajstić information content (AvgIpc) is 2.03. The standard InChI is InChI=1S/C5H12.C4H10N2.C4H10.CH4/c1-5(2,3)4;1-2-6-4-3-5-1;1-4(2)3;/h1-4H3;5-6H,1-4H2;4H,1-3H3;1H4. The summed E-state index contributed by atoms with van der Waals surface area (Å²) in [6.07, 6.45) is 0. The summed E-state index contributed by atoms with van der Waals surface area (Å²) in [6.45, 7) is 19.8. The highest BCUT2D eigenvalue weighted by atomic mass is 15.0. The second-order valence-corrected chi connectivity index (χ2v) is 6.23. The minimum atomic E-state index is 0. The molecule has 2 heteroatoms. The third kappa shape index (κ3) is 66.3. The van der Waals surface area contributed by atoms with Crippen molar-refractivity contribution in [1.82, 2.24) is 10.6 Å². The summed E-state index contributed by atoms with van der Waals surface area (Å²) >= 11 is 0. The summed E-state index contributed by atoms with van der Waals surface area (Å²) in [5.41, 5.74) is 0.500. The average molecular weight is 232 g/mol. The molecule has 0 aromatic carbocycles. The Bertz CT molecular complexity index is 90.1. The van der Waals surface area contributed by atoms with Crippen molar-refractivity contribution in [3.05, 3.63) is 0 Å². The smallest absolute Gasteiger partial charge is 0.00772 e. The molecule has 0 aliphatic carbocycles. The van der Waals surface area contributed by atoms with Crippen LogP contribution in [0.1, 0.15) is 55.9 Å². The summed E-state index contributed by atoms with van der Waals surface area (Å²) < 4.78 is 0. The summed E-state index contributed by atoms with van der Waals surface area (Å²) in [5, 5.41) is 6.44. The molecular weight excluding hydrogens is 196 g/mol. The number of piperazine rings is 1. The summed E-state index contributed by atoms with van der Waals surface area (Å²) in [7, 11) is 0. The Labute approximate surface area is 105 Å². The van der Waals surface area contributed by atoms with Gasteiger partial charge in [0.15, 0.2) is 0 Å². The fourth-order valence-electron chi connectivity index (χ4n) is 0.604. The Hall–Kier alpha value is -0.0800. The minimum absolute atomic E-state index is 0. The van der Waals surface area contributed by atoms with Gasteiger partial charge in [-0.2, -0.15) is 0 Å². The molecule has 2 N–H and O–H groups in total. The minimum Gasteiger partial charge on any atom is -0.314 e. The van der Waals surface area contributed by atoms with Gasteiger partial charge in [0.1, 0.15) is 0 Å². The second-order valence-electron chi connectivity index (χ2n) is 6.23. The van der Waals surface area contributed by atoms with Crippen molar-refractivity contribution in [3.63, 3.8) is 0 Å². The predicted molar refractivity (Wildman–Crippen MR) is 78.1 cm³/mol. The molecule has 1 aliphatic heterocycles. The highest BCUT2D eigenvalue weighted by molar-refractivity contribution is 4.59.